The van der Waals surface area contributed by atoms with Gasteiger partial charge in [-0.3, -0.25) is 0 Å². The number of rotatable bonds is 5. The number of fused-ring (bicyclic) bond motifs is 1. The fourth-order valence-corrected chi connectivity index (χ4v) is 2.88. The molecule has 1 fully saturated rings. The fraction of sp³-hybridized carbons (Fsp3) is 0.500. The molecule has 1 unspecified atom stereocenters. The third-order valence-corrected chi connectivity index (χ3v) is 4.00. The smallest absolute Gasteiger partial charge is 0.142 e. The number of halogens is 1. The zero-order valence-electron chi connectivity index (χ0n) is 12.3. The summed E-state index contributed by atoms with van der Waals surface area (Å²) in [6, 6.07) is 4.94. The van der Waals surface area contributed by atoms with Gasteiger partial charge >= 0.3 is 0 Å². The van der Waals surface area contributed by atoms with Crippen molar-refractivity contribution < 1.29 is 9.13 Å². The van der Waals surface area contributed by atoms with Crippen LogP contribution in [0, 0.1) is 5.82 Å². The Morgan fingerprint density at radius 3 is 3.10 bits per heavy atom. The highest BCUT2D eigenvalue weighted by molar-refractivity contribution is 5.89. The van der Waals surface area contributed by atoms with Crippen molar-refractivity contribution in [3.05, 3.63) is 30.3 Å². The van der Waals surface area contributed by atoms with Gasteiger partial charge in [0.05, 0.1) is 17.0 Å². The van der Waals surface area contributed by atoms with Gasteiger partial charge in [-0.1, -0.05) is 6.07 Å². The molecule has 0 radical (unpaired) electrons. The Bertz CT molecular complexity index is 608. The summed E-state index contributed by atoms with van der Waals surface area (Å²) >= 11 is 0. The molecule has 112 valence electrons. The molecule has 1 aromatic carbocycles. The standard InChI is InChI=1S/C16H20FN3O/c1-20(9-3-5-12-6-4-10-21-12)16-15-13(17)7-2-8-14(15)18-11-19-16/h2,7-8,11-12H,3-6,9-10H2,1H3. The number of nitrogens with zero attached hydrogens (tertiary/aromatic N) is 3. The number of hydrogen-bond acceptors (Lipinski definition) is 4. The minimum atomic E-state index is -0.269. The summed E-state index contributed by atoms with van der Waals surface area (Å²) < 4.78 is 19.7. The Kier molecular flexibility index (Phi) is 4.29. The molecule has 5 heteroatoms. The minimum Gasteiger partial charge on any atom is -0.378 e. The molecule has 3 rings (SSSR count). The highest BCUT2D eigenvalue weighted by atomic mass is 19.1. The van der Waals surface area contributed by atoms with Crippen LogP contribution in [-0.2, 0) is 4.74 Å². The normalized spacial score (nSPS) is 18.3. The van der Waals surface area contributed by atoms with Gasteiger partial charge in [0.2, 0.25) is 0 Å². The second kappa shape index (κ2) is 6.35. The van der Waals surface area contributed by atoms with Crippen LogP contribution >= 0.6 is 0 Å². The molecule has 1 aliphatic rings. The van der Waals surface area contributed by atoms with Crippen LogP contribution in [0.25, 0.3) is 10.9 Å². The summed E-state index contributed by atoms with van der Waals surface area (Å²) in [4.78, 5) is 10.4. The predicted molar refractivity (Wildman–Crippen MR) is 81.0 cm³/mol. The molecule has 1 atom stereocenters. The summed E-state index contributed by atoms with van der Waals surface area (Å²) in [5, 5.41) is 0.500. The van der Waals surface area contributed by atoms with Crippen molar-refractivity contribution >= 4 is 16.7 Å². The molecule has 1 aliphatic heterocycles. The molecule has 21 heavy (non-hydrogen) atoms. The molecule has 2 aromatic rings. The molecule has 0 amide bonds. The summed E-state index contributed by atoms with van der Waals surface area (Å²) in [6.07, 6.45) is 6.29. The third kappa shape index (κ3) is 3.13. The lowest BCUT2D eigenvalue weighted by Gasteiger charge is -2.20. The highest BCUT2D eigenvalue weighted by Gasteiger charge is 2.16. The van der Waals surface area contributed by atoms with E-state index >= 15 is 0 Å². The summed E-state index contributed by atoms with van der Waals surface area (Å²) in [5.74, 6) is 0.388. The van der Waals surface area contributed by atoms with Gasteiger partial charge in [0.15, 0.2) is 0 Å². The average molecular weight is 289 g/mol. The summed E-state index contributed by atoms with van der Waals surface area (Å²) in [6.45, 7) is 1.72. The molecule has 1 aromatic heterocycles. The first-order chi connectivity index (χ1) is 10.3. The van der Waals surface area contributed by atoms with E-state index in [9.17, 15) is 4.39 Å². The van der Waals surface area contributed by atoms with Crippen LogP contribution in [0.5, 0.6) is 0 Å². The second-order valence-electron chi connectivity index (χ2n) is 5.53. The Morgan fingerprint density at radius 2 is 2.29 bits per heavy atom. The Morgan fingerprint density at radius 1 is 1.38 bits per heavy atom. The van der Waals surface area contributed by atoms with Gasteiger partial charge in [-0.2, -0.15) is 0 Å². The van der Waals surface area contributed by atoms with Crippen molar-refractivity contribution in [2.75, 3.05) is 25.1 Å². The zero-order chi connectivity index (χ0) is 14.7. The van der Waals surface area contributed by atoms with Gasteiger partial charge in [0.1, 0.15) is 18.0 Å². The SMILES string of the molecule is CN(CCCC1CCCO1)c1ncnc2cccc(F)c12. The van der Waals surface area contributed by atoms with Crippen LogP contribution in [0.3, 0.4) is 0 Å². The molecule has 1 saturated heterocycles. The predicted octanol–water partition coefficient (Wildman–Crippen LogP) is 3.16. The maximum atomic E-state index is 14.0. The van der Waals surface area contributed by atoms with E-state index in [1.165, 1.54) is 18.8 Å². The summed E-state index contributed by atoms with van der Waals surface area (Å²) in [5.41, 5.74) is 0.644. The lowest BCUT2D eigenvalue weighted by molar-refractivity contribution is 0.103. The van der Waals surface area contributed by atoms with Crippen molar-refractivity contribution in [1.82, 2.24) is 9.97 Å². The molecule has 0 spiro atoms. The quantitative estimate of drug-likeness (QED) is 0.847. The van der Waals surface area contributed by atoms with Crippen molar-refractivity contribution in [3.63, 3.8) is 0 Å². The highest BCUT2D eigenvalue weighted by Crippen LogP contribution is 2.25. The Labute approximate surface area is 124 Å². The summed E-state index contributed by atoms with van der Waals surface area (Å²) in [7, 11) is 1.95. The fourth-order valence-electron chi connectivity index (χ4n) is 2.88. The van der Waals surface area contributed by atoms with E-state index < -0.39 is 0 Å². The number of benzene rings is 1. The molecule has 0 bridgehead atoms. The molecule has 4 nitrogen and oxygen atoms in total. The minimum absolute atomic E-state index is 0.269. The first-order valence-electron chi connectivity index (χ1n) is 7.47. The van der Waals surface area contributed by atoms with E-state index in [-0.39, 0.29) is 5.82 Å². The van der Waals surface area contributed by atoms with E-state index in [1.807, 2.05) is 18.0 Å². The first kappa shape index (κ1) is 14.2. The van der Waals surface area contributed by atoms with Gasteiger partial charge in [0.25, 0.3) is 0 Å². The zero-order valence-corrected chi connectivity index (χ0v) is 12.3. The van der Waals surface area contributed by atoms with Crippen LogP contribution in [0.15, 0.2) is 24.5 Å². The Hall–Kier alpha value is -1.75. The number of aromatic nitrogens is 2. The molecule has 0 saturated carbocycles. The van der Waals surface area contributed by atoms with Crippen LogP contribution < -0.4 is 4.90 Å². The molecule has 2 heterocycles. The lowest BCUT2D eigenvalue weighted by atomic mass is 10.1. The number of anilines is 1. The van der Waals surface area contributed by atoms with Gasteiger partial charge in [-0.15, -0.1) is 0 Å². The van der Waals surface area contributed by atoms with Crippen molar-refractivity contribution in [3.8, 4) is 0 Å². The van der Waals surface area contributed by atoms with E-state index in [2.05, 4.69) is 9.97 Å². The molecular weight excluding hydrogens is 269 g/mol. The largest absolute Gasteiger partial charge is 0.378 e. The van der Waals surface area contributed by atoms with Crippen molar-refractivity contribution in [2.24, 2.45) is 0 Å². The Balaban J connectivity index is 1.70. The van der Waals surface area contributed by atoms with Crippen molar-refractivity contribution in [2.45, 2.75) is 31.8 Å². The topological polar surface area (TPSA) is 38.2 Å². The molecule has 0 aliphatic carbocycles. The van der Waals surface area contributed by atoms with E-state index in [4.69, 9.17) is 4.74 Å². The number of hydrogen-bond donors (Lipinski definition) is 0. The monoisotopic (exact) mass is 289 g/mol. The van der Waals surface area contributed by atoms with Gasteiger partial charge in [-0.05, 0) is 37.8 Å². The van der Waals surface area contributed by atoms with Gasteiger partial charge in [0, 0.05) is 20.2 Å². The molecule has 0 N–H and O–H groups in total. The molecular formula is C16H20FN3O. The maximum Gasteiger partial charge on any atom is 0.142 e. The van der Waals surface area contributed by atoms with Crippen LogP contribution in [0.2, 0.25) is 0 Å². The average Bonchev–Trinajstić information content (AvgIpc) is 3.00. The van der Waals surface area contributed by atoms with Gasteiger partial charge < -0.3 is 9.64 Å². The number of ether oxygens (including phenoxy) is 1. The maximum absolute atomic E-state index is 14.0. The van der Waals surface area contributed by atoms with Crippen molar-refractivity contribution in [1.29, 1.82) is 0 Å². The lowest BCUT2D eigenvalue weighted by Crippen LogP contribution is -2.21. The van der Waals surface area contributed by atoms with Crippen LogP contribution in [0.1, 0.15) is 25.7 Å². The third-order valence-electron chi connectivity index (χ3n) is 4.00. The van der Waals surface area contributed by atoms with E-state index in [0.29, 0.717) is 22.8 Å². The first-order valence-corrected chi connectivity index (χ1v) is 7.47. The second-order valence-corrected chi connectivity index (χ2v) is 5.53. The van der Waals surface area contributed by atoms with E-state index in [0.717, 1.165) is 32.4 Å². The van der Waals surface area contributed by atoms with Crippen LogP contribution in [-0.4, -0.2) is 36.3 Å². The van der Waals surface area contributed by atoms with Crippen LogP contribution in [0.4, 0.5) is 10.2 Å². The van der Waals surface area contributed by atoms with E-state index in [1.54, 1.807) is 6.07 Å². The van der Waals surface area contributed by atoms with Gasteiger partial charge in [-0.25, -0.2) is 14.4 Å².